The van der Waals surface area contributed by atoms with Crippen LogP contribution in [-0.4, -0.2) is 66.0 Å². The van der Waals surface area contributed by atoms with Crippen LogP contribution in [0.4, 0.5) is 13.2 Å². The second-order valence-electron chi connectivity index (χ2n) is 8.44. The molecule has 2 aromatic carbocycles. The lowest BCUT2D eigenvalue weighted by atomic mass is 9.74. The number of nitrogens with zero attached hydrogens (tertiary/aromatic N) is 2. The number of hydrogen-bond acceptors (Lipinski definition) is 3. The van der Waals surface area contributed by atoms with Gasteiger partial charge in [-0.2, -0.15) is 13.2 Å². The molecule has 3 atom stereocenters. The Kier molecular flexibility index (Phi) is 6.46. The van der Waals surface area contributed by atoms with Gasteiger partial charge < -0.3 is 10.0 Å². The van der Waals surface area contributed by atoms with E-state index in [1.54, 1.807) is 0 Å². The molecule has 4 rings (SSSR count). The Morgan fingerprint density at radius 1 is 0.900 bits per heavy atom. The maximum atomic E-state index is 12.7. The van der Waals surface area contributed by atoms with E-state index >= 15 is 0 Å². The van der Waals surface area contributed by atoms with Gasteiger partial charge in [-0.15, -0.1) is 0 Å². The van der Waals surface area contributed by atoms with Crippen LogP contribution in [-0.2, 0) is 0 Å². The highest BCUT2D eigenvalue weighted by Gasteiger charge is 2.49. The van der Waals surface area contributed by atoms with Gasteiger partial charge in [-0.3, -0.25) is 4.90 Å². The number of hydrogen-bond donors (Lipinski definition) is 1. The van der Waals surface area contributed by atoms with Crippen molar-refractivity contribution in [1.82, 2.24) is 9.80 Å². The maximum absolute atomic E-state index is 12.7. The number of benzene rings is 2. The molecular weight excluding hydrogens is 389 g/mol. The molecule has 0 amide bonds. The van der Waals surface area contributed by atoms with Crippen molar-refractivity contribution in [1.29, 1.82) is 0 Å². The maximum Gasteiger partial charge on any atom is 0.390 e. The van der Waals surface area contributed by atoms with Gasteiger partial charge >= 0.3 is 6.18 Å². The fraction of sp³-hybridized carbons (Fsp3) is 0.500. The van der Waals surface area contributed by atoms with E-state index in [0.29, 0.717) is 13.1 Å². The zero-order chi connectivity index (χ0) is 21.1. The normalized spacial score (nSPS) is 25.8. The first-order valence-corrected chi connectivity index (χ1v) is 10.8. The summed E-state index contributed by atoms with van der Waals surface area (Å²) in [5.41, 5.74) is 3.45. The molecule has 6 heteroatoms. The van der Waals surface area contributed by atoms with E-state index in [2.05, 4.69) is 41.3 Å². The van der Waals surface area contributed by atoms with Gasteiger partial charge in [0.1, 0.15) is 0 Å². The van der Waals surface area contributed by atoms with E-state index in [1.807, 2.05) is 23.1 Å². The molecule has 30 heavy (non-hydrogen) atoms. The quantitative estimate of drug-likeness (QED) is 0.773. The van der Waals surface area contributed by atoms with Gasteiger partial charge in [-0.25, -0.2) is 0 Å². The minimum absolute atomic E-state index is 0.0418. The minimum atomic E-state index is -4.12. The standard InChI is InChI=1S/C24H29F3N2O/c25-24(26,27)12-15-28-13-4-5-14-29-21(16-28)23(22(29)17-30)20-10-8-19(9-11-20)18-6-2-1-3-7-18/h1-3,6-11,21-23,30H,4-5,12-17H2/t21-,22-,23+/m1/s1. The molecule has 0 bridgehead atoms. The summed E-state index contributed by atoms with van der Waals surface area (Å²) < 4.78 is 38.2. The third-order valence-electron chi connectivity index (χ3n) is 6.57. The summed E-state index contributed by atoms with van der Waals surface area (Å²) in [6, 6.07) is 18.8. The average Bonchev–Trinajstić information content (AvgIpc) is 2.72. The molecule has 0 unspecified atom stereocenters. The van der Waals surface area contributed by atoms with E-state index in [0.717, 1.165) is 36.1 Å². The van der Waals surface area contributed by atoms with Crippen LogP contribution in [0.3, 0.4) is 0 Å². The molecule has 0 spiro atoms. The lowest BCUT2D eigenvalue weighted by Gasteiger charge is -2.57. The molecule has 3 nitrogen and oxygen atoms in total. The summed E-state index contributed by atoms with van der Waals surface area (Å²) >= 11 is 0. The molecule has 0 radical (unpaired) electrons. The van der Waals surface area contributed by atoms with Crippen LogP contribution in [0.1, 0.15) is 30.7 Å². The molecular formula is C24H29F3N2O. The van der Waals surface area contributed by atoms with Crippen LogP contribution in [0.5, 0.6) is 0 Å². The smallest absolute Gasteiger partial charge is 0.390 e. The summed E-state index contributed by atoms with van der Waals surface area (Å²) in [6.45, 7) is 2.37. The molecule has 2 saturated heterocycles. The summed E-state index contributed by atoms with van der Waals surface area (Å²) in [6.07, 6.45) is -3.04. The summed E-state index contributed by atoms with van der Waals surface area (Å²) in [7, 11) is 0. The van der Waals surface area contributed by atoms with Crippen LogP contribution >= 0.6 is 0 Å². The monoisotopic (exact) mass is 418 g/mol. The van der Waals surface area contributed by atoms with Crippen LogP contribution in [0, 0.1) is 0 Å². The van der Waals surface area contributed by atoms with Crippen molar-refractivity contribution < 1.29 is 18.3 Å². The summed E-state index contributed by atoms with van der Waals surface area (Å²) in [4.78, 5) is 4.26. The van der Waals surface area contributed by atoms with Gasteiger partial charge in [0.05, 0.1) is 13.0 Å². The van der Waals surface area contributed by atoms with E-state index in [1.165, 1.54) is 0 Å². The zero-order valence-electron chi connectivity index (χ0n) is 17.1. The topological polar surface area (TPSA) is 26.7 Å². The van der Waals surface area contributed by atoms with Crippen molar-refractivity contribution in [3.05, 3.63) is 60.2 Å². The molecule has 2 fully saturated rings. The third kappa shape index (κ3) is 4.71. The highest BCUT2D eigenvalue weighted by molar-refractivity contribution is 5.63. The van der Waals surface area contributed by atoms with Gasteiger partial charge in [0.25, 0.3) is 0 Å². The number of halogens is 3. The molecule has 2 aliphatic rings. The average molecular weight is 419 g/mol. The predicted molar refractivity (Wildman–Crippen MR) is 112 cm³/mol. The van der Waals surface area contributed by atoms with Crippen molar-refractivity contribution in [3.63, 3.8) is 0 Å². The van der Waals surface area contributed by atoms with Crippen molar-refractivity contribution in [3.8, 4) is 11.1 Å². The third-order valence-corrected chi connectivity index (χ3v) is 6.57. The molecule has 2 heterocycles. The number of alkyl halides is 3. The fourth-order valence-electron chi connectivity index (χ4n) is 5.03. The fourth-order valence-corrected chi connectivity index (χ4v) is 5.03. The lowest BCUT2D eigenvalue weighted by Crippen LogP contribution is -2.67. The Bertz CT molecular complexity index is 809. The summed E-state index contributed by atoms with van der Waals surface area (Å²) in [5.74, 6) is 0.145. The Labute approximate surface area is 176 Å². The number of rotatable bonds is 5. The first-order chi connectivity index (χ1) is 14.5. The largest absolute Gasteiger partial charge is 0.395 e. The molecule has 0 aromatic heterocycles. The Morgan fingerprint density at radius 2 is 1.57 bits per heavy atom. The van der Waals surface area contributed by atoms with Crippen LogP contribution in [0.2, 0.25) is 0 Å². The first-order valence-electron chi connectivity index (χ1n) is 10.8. The van der Waals surface area contributed by atoms with E-state index in [-0.39, 0.29) is 31.2 Å². The molecule has 1 N–H and O–H groups in total. The first kappa shape index (κ1) is 21.3. The van der Waals surface area contributed by atoms with Crippen LogP contribution < -0.4 is 0 Å². The van der Waals surface area contributed by atoms with E-state index < -0.39 is 12.6 Å². The Hall–Kier alpha value is -1.89. The second kappa shape index (κ2) is 9.08. The van der Waals surface area contributed by atoms with Gasteiger partial charge in [0, 0.05) is 31.1 Å². The van der Waals surface area contributed by atoms with Gasteiger partial charge in [0.15, 0.2) is 0 Å². The van der Waals surface area contributed by atoms with Crippen molar-refractivity contribution in [2.45, 2.75) is 43.4 Å². The van der Waals surface area contributed by atoms with Crippen LogP contribution in [0.15, 0.2) is 54.6 Å². The van der Waals surface area contributed by atoms with E-state index in [9.17, 15) is 18.3 Å². The van der Waals surface area contributed by atoms with Crippen molar-refractivity contribution >= 4 is 0 Å². The number of aliphatic hydroxyl groups excluding tert-OH is 1. The molecule has 0 saturated carbocycles. The minimum Gasteiger partial charge on any atom is -0.395 e. The SMILES string of the molecule is OC[C@@H]1[C@@H](c2ccc(-c3ccccc3)cc2)[C@H]2CN(CCC(F)(F)F)CCCCN12. The van der Waals surface area contributed by atoms with E-state index in [4.69, 9.17) is 0 Å². The molecule has 2 aromatic rings. The molecule has 162 valence electrons. The van der Waals surface area contributed by atoms with Gasteiger partial charge in [0.2, 0.25) is 0 Å². The van der Waals surface area contributed by atoms with Gasteiger partial charge in [-0.05, 0) is 42.6 Å². The molecule has 2 aliphatic heterocycles. The lowest BCUT2D eigenvalue weighted by molar-refractivity contribution is -0.140. The highest BCUT2D eigenvalue weighted by Crippen LogP contribution is 2.42. The highest BCUT2D eigenvalue weighted by atomic mass is 19.4. The Balaban J connectivity index is 1.51. The Morgan fingerprint density at radius 3 is 2.23 bits per heavy atom. The summed E-state index contributed by atoms with van der Waals surface area (Å²) in [5, 5.41) is 10.0. The van der Waals surface area contributed by atoms with Crippen LogP contribution in [0.25, 0.3) is 11.1 Å². The molecule has 0 aliphatic carbocycles. The second-order valence-corrected chi connectivity index (χ2v) is 8.44. The zero-order valence-corrected chi connectivity index (χ0v) is 17.1. The predicted octanol–water partition coefficient (Wildman–Crippen LogP) is 4.53. The number of aliphatic hydroxyl groups is 1. The number of fused-ring (bicyclic) bond motifs is 1. The van der Waals surface area contributed by atoms with Gasteiger partial charge in [-0.1, -0.05) is 54.6 Å². The van der Waals surface area contributed by atoms with Crippen molar-refractivity contribution in [2.24, 2.45) is 0 Å². The van der Waals surface area contributed by atoms with Crippen molar-refractivity contribution in [2.75, 3.05) is 32.8 Å².